The number of ether oxygens (including phenoxy) is 2. The van der Waals surface area contributed by atoms with Crippen LogP contribution in [0.15, 0.2) is 48.5 Å². The lowest BCUT2D eigenvalue weighted by Crippen LogP contribution is -2.50. The molecule has 0 unspecified atom stereocenters. The van der Waals surface area contributed by atoms with Crippen molar-refractivity contribution < 1.29 is 27.8 Å². The summed E-state index contributed by atoms with van der Waals surface area (Å²) in [5.74, 6) is -0.315. The van der Waals surface area contributed by atoms with Crippen LogP contribution in [0.4, 0.5) is 8.78 Å². The number of amides is 2. The molecule has 2 N–H and O–H groups in total. The van der Waals surface area contributed by atoms with Crippen LogP contribution in [0.2, 0.25) is 0 Å². The van der Waals surface area contributed by atoms with Crippen LogP contribution in [0.3, 0.4) is 0 Å². The topological polar surface area (TPSA) is 76.7 Å². The lowest BCUT2D eigenvalue weighted by Gasteiger charge is -2.22. The highest BCUT2D eigenvalue weighted by molar-refractivity contribution is 5.99. The molecule has 0 bridgehead atoms. The van der Waals surface area contributed by atoms with Gasteiger partial charge >= 0.3 is 6.61 Å². The van der Waals surface area contributed by atoms with E-state index >= 15 is 0 Å². The number of benzene rings is 2. The molecule has 162 valence electrons. The zero-order valence-corrected chi connectivity index (χ0v) is 17.2. The van der Waals surface area contributed by atoms with E-state index < -0.39 is 18.6 Å². The smallest absolute Gasteiger partial charge is 0.387 e. The first kappa shape index (κ1) is 23.1. The Morgan fingerprint density at radius 2 is 1.70 bits per heavy atom. The van der Waals surface area contributed by atoms with Crippen LogP contribution in [-0.2, 0) is 11.2 Å². The normalized spacial score (nSPS) is 11.8. The standard InChI is InChI=1S/C22H26F2N2O4/c1-14(2)19(26-20(27)17-6-4-5-7-18(17)29-3)21(28)25-13-12-15-8-10-16(11-9-15)30-22(23)24/h4-11,14,19,22H,12-13H2,1-3H3,(H,25,28)(H,26,27)/t19-/m0/s1. The first-order valence-corrected chi connectivity index (χ1v) is 9.57. The summed E-state index contributed by atoms with van der Waals surface area (Å²) in [5, 5.41) is 5.57. The third kappa shape index (κ3) is 6.72. The summed E-state index contributed by atoms with van der Waals surface area (Å²) in [6.45, 7) is 1.15. The second kappa shape index (κ2) is 11.1. The van der Waals surface area contributed by atoms with Crippen molar-refractivity contribution in [2.75, 3.05) is 13.7 Å². The Kier molecular flexibility index (Phi) is 8.58. The second-order valence-corrected chi connectivity index (χ2v) is 6.96. The quantitative estimate of drug-likeness (QED) is 0.618. The lowest BCUT2D eigenvalue weighted by atomic mass is 10.0. The van der Waals surface area contributed by atoms with Crippen LogP contribution in [0.5, 0.6) is 11.5 Å². The molecule has 0 saturated heterocycles. The highest BCUT2D eigenvalue weighted by Gasteiger charge is 2.25. The number of carbonyl (C=O) groups is 2. The van der Waals surface area contributed by atoms with E-state index in [1.54, 1.807) is 36.4 Å². The molecule has 0 radical (unpaired) electrons. The number of hydrogen-bond acceptors (Lipinski definition) is 4. The van der Waals surface area contributed by atoms with Crippen molar-refractivity contribution in [2.24, 2.45) is 5.92 Å². The van der Waals surface area contributed by atoms with E-state index in [2.05, 4.69) is 15.4 Å². The van der Waals surface area contributed by atoms with Gasteiger partial charge < -0.3 is 20.1 Å². The zero-order chi connectivity index (χ0) is 22.1. The number of rotatable bonds is 10. The van der Waals surface area contributed by atoms with Gasteiger partial charge in [-0.2, -0.15) is 8.78 Å². The van der Waals surface area contributed by atoms with Crippen LogP contribution in [0, 0.1) is 5.92 Å². The van der Waals surface area contributed by atoms with Crippen LogP contribution in [0.25, 0.3) is 0 Å². The van der Waals surface area contributed by atoms with Gasteiger partial charge in [-0.15, -0.1) is 0 Å². The van der Waals surface area contributed by atoms with Gasteiger partial charge in [-0.05, 0) is 42.2 Å². The van der Waals surface area contributed by atoms with E-state index in [0.717, 1.165) is 5.56 Å². The summed E-state index contributed by atoms with van der Waals surface area (Å²) in [6.07, 6.45) is 0.506. The fourth-order valence-electron chi connectivity index (χ4n) is 2.86. The van der Waals surface area contributed by atoms with Gasteiger partial charge in [0.15, 0.2) is 0 Å². The first-order valence-electron chi connectivity index (χ1n) is 9.57. The van der Waals surface area contributed by atoms with Crippen molar-refractivity contribution in [3.63, 3.8) is 0 Å². The Labute approximate surface area is 174 Å². The largest absolute Gasteiger partial charge is 0.496 e. The zero-order valence-electron chi connectivity index (χ0n) is 17.2. The molecule has 0 aliphatic heterocycles. The molecule has 1 atom stereocenters. The van der Waals surface area contributed by atoms with Gasteiger partial charge in [-0.1, -0.05) is 38.1 Å². The molecule has 8 heteroatoms. The average molecular weight is 420 g/mol. The van der Waals surface area contributed by atoms with Gasteiger partial charge in [0, 0.05) is 6.54 Å². The van der Waals surface area contributed by atoms with Gasteiger partial charge in [0.05, 0.1) is 12.7 Å². The molecule has 2 aromatic carbocycles. The molecule has 0 fully saturated rings. The lowest BCUT2D eigenvalue weighted by molar-refractivity contribution is -0.123. The maximum atomic E-state index is 12.6. The highest BCUT2D eigenvalue weighted by atomic mass is 19.3. The summed E-state index contributed by atoms with van der Waals surface area (Å²) in [7, 11) is 1.48. The monoisotopic (exact) mass is 420 g/mol. The Morgan fingerprint density at radius 3 is 2.30 bits per heavy atom. The predicted molar refractivity (Wildman–Crippen MR) is 109 cm³/mol. The molecule has 0 spiro atoms. The molecule has 2 rings (SSSR count). The Balaban J connectivity index is 1.91. The van der Waals surface area contributed by atoms with Gasteiger partial charge in [0.25, 0.3) is 5.91 Å². The van der Waals surface area contributed by atoms with E-state index in [4.69, 9.17) is 4.74 Å². The number of alkyl halides is 2. The number of nitrogens with one attached hydrogen (secondary N) is 2. The summed E-state index contributed by atoms with van der Waals surface area (Å²) in [6, 6.07) is 12.3. The number of para-hydroxylation sites is 1. The SMILES string of the molecule is COc1ccccc1C(=O)N[C@H](C(=O)NCCc1ccc(OC(F)F)cc1)C(C)C. The minimum Gasteiger partial charge on any atom is -0.496 e. The maximum Gasteiger partial charge on any atom is 0.387 e. The van der Waals surface area contributed by atoms with Crippen LogP contribution in [0.1, 0.15) is 29.8 Å². The highest BCUT2D eigenvalue weighted by Crippen LogP contribution is 2.18. The van der Waals surface area contributed by atoms with Crippen molar-refractivity contribution in [3.8, 4) is 11.5 Å². The van der Waals surface area contributed by atoms with Crippen LogP contribution >= 0.6 is 0 Å². The van der Waals surface area contributed by atoms with Crippen molar-refractivity contribution in [3.05, 3.63) is 59.7 Å². The van der Waals surface area contributed by atoms with Gasteiger partial charge in [0.1, 0.15) is 17.5 Å². The van der Waals surface area contributed by atoms with E-state index in [9.17, 15) is 18.4 Å². The van der Waals surface area contributed by atoms with E-state index in [-0.39, 0.29) is 17.6 Å². The van der Waals surface area contributed by atoms with Gasteiger partial charge in [-0.3, -0.25) is 9.59 Å². The minimum atomic E-state index is -2.87. The van der Waals surface area contributed by atoms with Crippen LogP contribution < -0.4 is 20.1 Å². The molecule has 2 amide bonds. The van der Waals surface area contributed by atoms with Crippen molar-refractivity contribution in [2.45, 2.75) is 32.9 Å². The molecule has 6 nitrogen and oxygen atoms in total. The summed E-state index contributed by atoms with van der Waals surface area (Å²) >= 11 is 0. The minimum absolute atomic E-state index is 0.0803. The predicted octanol–water partition coefficient (Wildman–Crippen LogP) is 3.41. The summed E-state index contributed by atoms with van der Waals surface area (Å²) in [4.78, 5) is 25.2. The van der Waals surface area contributed by atoms with E-state index in [1.807, 2.05) is 13.8 Å². The summed E-state index contributed by atoms with van der Waals surface area (Å²) in [5.41, 5.74) is 1.21. The van der Waals surface area contributed by atoms with Crippen LogP contribution in [-0.4, -0.2) is 38.1 Å². The first-order chi connectivity index (χ1) is 14.3. The second-order valence-electron chi connectivity index (χ2n) is 6.96. The molecular weight excluding hydrogens is 394 g/mol. The molecule has 0 aliphatic rings. The molecule has 0 saturated carbocycles. The van der Waals surface area contributed by atoms with Crippen molar-refractivity contribution in [1.82, 2.24) is 10.6 Å². The van der Waals surface area contributed by atoms with E-state index in [1.165, 1.54) is 19.2 Å². The van der Waals surface area contributed by atoms with Crippen molar-refractivity contribution >= 4 is 11.8 Å². The van der Waals surface area contributed by atoms with Crippen molar-refractivity contribution in [1.29, 1.82) is 0 Å². The number of hydrogen-bond donors (Lipinski definition) is 2. The molecule has 2 aromatic rings. The third-order valence-electron chi connectivity index (χ3n) is 4.45. The number of methoxy groups -OCH3 is 1. The summed E-state index contributed by atoms with van der Waals surface area (Å²) < 4.78 is 33.9. The number of carbonyl (C=O) groups excluding carboxylic acids is 2. The Bertz CT molecular complexity index is 841. The van der Waals surface area contributed by atoms with E-state index in [0.29, 0.717) is 24.3 Å². The average Bonchev–Trinajstić information content (AvgIpc) is 2.72. The molecule has 30 heavy (non-hydrogen) atoms. The molecule has 0 aromatic heterocycles. The molecule has 0 heterocycles. The maximum absolute atomic E-state index is 12.6. The van der Waals surface area contributed by atoms with Gasteiger partial charge in [-0.25, -0.2) is 0 Å². The Morgan fingerprint density at radius 1 is 1.03 bits per heavy atom. The fraction of sp³-hybridized carbons (Fsp3) is 0.364. The van der Waals surface area contributed by atoms with Gasteiger partial charge in [0.2, 0.25) is 5.91 Å². The Hall–Kier alpha value is -3.16. The number of halogens is 2. The molecular formula is C22H26F2N2O4. The third-order valence-corrected chi connectivity index (χ3v) is 4.45. The molecule has 0 aliphatic carbocycles. The fourth-order valence-corrected chi connectivity index (χ4v) is 2.86.